The maximum Gasteiger partial charge on any atom is 0.113 e. The van der Waals surface area contributed by atoms with Crippen LogP contribution in [-0.2, 0) is 11.3 Å². The molecule has 0 fully saturated rings. The zero-order valence-electron chi connectivity index (χ0n) is 10.1. The van der Waals surface area contributed by atoms with Crippen molar-refractivity contribution >= 4 is 10.8 Å². The van der Waals surface area contributed by atoms with Gasteiger partial charge in [-0.25, -0.2) is 0 Å². The number of allylic oxidation sites excluding steroid dienone is 4. The van der Waals surface area contributed by atoms with E-state index in [1.807, 2.05) is 0 Å². The highest BCUT2D eigenvalue weighted by Crippen LogP contribution is 2.40. The second-order valence-corrected chi connectivity index (χ2v) is 4.97. The molecule has 1 aliphatic carbocycles. The molecule has 0 aromatic heterocycles. The summed E-state index contributed by atoms with van der Waals surface area (Å²) < 4.78 is 5.87. The smallest absolute Gasteiger partial charge is 0.113 e. The second-order valence-electron chi connectivity index (χ2n) is 4.97. The molecule has 0 spiro atoms. The third-order valence-corrected chi connectivity index (χ3v) is 3.89. The summed E-state index contributed by atoms with van der Waals surface area (Å²) in [4.78, 5) is 0. The monoisotopic (exact) mass is 234 g/mol. The van der Waals surface area contributed by atoms with Crippen molar-refractivity contribution in [2.45, 2.75) is 18.9 Å². The molecule has 1 unspecified atom stereocenters. The average Bonchev–Trinajstić information content (AvgIpc) is 2.45. The van der Waals surface area contributed by atoms with Crippen molar-refractivity contribution < 1.29 is 4.74 Å². The van der Waals surface area contributed by atoms with E-state index in [2.05, 4.69) is 54.6 Å². The summed E-state index contributed by atoms with van der Waals surface area (Å²) in [5.74, 6) is 1.55. The van der Waals surface area contributed by atoms with E-state index in [0.717, 1.165) is 12.2 Å². The quantitative estimate of drug-likeness (QED) is 0.660. The Hall–Kier alpha value is -2.02. The van der Waals surface area contributed by atoms with Crippen molar-refractivity contribution in [2.75, 3.05) is 0 Å². The molecule has 0 bridgehead atoms. The summed E-state index contributed by atoms with van der Waals surface area (Å²) in [5, 5.41) is 2.63. The number of hydrogen-bond acceptors (Lipinski definition) is 1. The number of ether oxygens (including phenoxy) is 1. The Balaban J connectivity index is 1.94. The standard InChI is InChI=1S/C17H14O/c1-2-6-13-10-16-14(9-12(13)5-1)11-18-17-8-4-3-7-15(16)17/h1-6,8-10,15H,7,11H2. The van der Waals surface area contributed by atoms with E-state index in [-0.39, 0.29) is 0 Å². The molecule has 1 atom stereocenters. The van der Waals surface area contributed by atoms with Gasteiger partial charge in [0.15, 0.2) is 0 Å². The van der Waals surface area contributed by atoms with Gasteiger partial charge in [0, 0.05) is 5.92 Å². The molecule has 0 saturated heterocycles. The molecule has 1 aliphatic heterocycles. The van der Waals surface area contributed by atoms with Crippen LogP contribution in [0.3, 0.4) is 0 Å². The third kappa shape index (κ3) is 1.40. The molecule has 0 amide bonds. The van der Waals surface area contributed by atoms with Crippen LogP contribution < -0.4 is 0 Å². The minimum atomic E-state index is 0.420. The summed E-state index contributed by atoms with van der Waals surface area (Å²) in [5.41, 5.74) is 2.78. The largest absolute Gasteiger partial charge is 0.493 e. The first kappa shape index (κ1) is 9.95. The van der Waals surface area contributed by atoms with Gasteiger partial charge in [-0.3, -0.25) is 0 Å². The third-order valence-electron chi connectivity index (χ3n) is 3.89. The highest BCUT2D eigenvalue weighted by atomic mass is 16.5. The molecular formula is C17H14O. The summed E-state index contributed by atoms with van der Waals surface area (Å²) in [6, 6.07) is 13.2. The number of rotatable bonds is 0. The minimum Gasteiger partial charge on any atom is -0.493 e. The summed E-state index contributed by atoms with van der Waals surface area (Å²) in [7, 11) is 0. The minimum absolute atomic E-state index is 0.420. The molecule has 1 heterocycles. The normalized spacial score (nSPS) is 20.9. The lowest BCUT2D eigenvalue weighted by atomic mass is 9.84. The maximum atomic E-state index is 5.87. The van der Waals surface area contributed by atoms with Crippen LogP contribution in [0.25, 0.3) is 10.8 Å². The molecule has 18 heavy (non-hydrogen) atoms. The van der Waals surface area contributed by atoms with Crippen molar-refractivity contribution in [1.82, 2.24) is 0 Å². The van der Waals surface area contributed by atoms with Gasteiger partial charge in [0.05, 0.1) is 0 Å². The van der Waals surface area contributed by atoms with Gasteiger partial charge in [-0.05, 0) is 40.5 Å². The van der Waals surface area contributed by atoms with Gasteiger partial charge >= 0.3 is 0 Å². The van der Waals surface area contributed by atoms with Gasteiger partial charge < -0.3 is 4.74 Å². The predicted molar refractivity (Wildman–Crippen MR) is 73.3 cm³/mol. The van der Waals surface area contributed by atoms with Gasteiger partial charge in [-0.2, -0.15) is 0 Å². The van der Waals surface area contributed by atoms with E-state index in [1.165, 1.54) is 21.9 Å². The Bertz CT molecular complexity index is 679. The Kier molecular flexibility index (Phi) is 2.07. The van der Waals surface area contributed by atoms with Crippen LogP contribution in [0.1, 0.15) is 23.5 Å². The van der Waals surface area contributed by atoms with Crippen molar-refractivity contribution in [3.63, 3.8) is 0 Å². The van der Waals surface area contributed by atoms with Crippen molar-refractivity contribution in [3.8, 4) is 0 Å². The van der Waals surface area contributed by atoms with E-state index >= 15 is 0 Å². The van der Waals surface area contributed by atoms with Gasteiger partial charge in [0.25, 0.3) is 0 Å². The SMILES string of the molecule is C1=CCC2C(=C1)OCc1cc3ccccc3cc12. The van der Waals surface area contributed by atoms with Gasteiger partial charge in [0.1, 0.15) is 12.4 Å². The first-order valence-electron chi connectivity index (χ1n) is 6.43. The molecule has 0 saturated carbocycles. The van der Waals surface area contributed by atoms with Crippen LogP contribution >= 0.6 is 0 Å². The zero-order valence-corrected chi connectivity index (χ0v) is 10.1. The first-order chi connectivity index (χ1) is 8.92. The molecule has 88 valence electrons. The van der Waals surface area contributed by atoms with Crippen LogP contribution in [0.4, 0.5) is 0 Å². The molecule has 2 aromatic rings. The van der Waals surface area contributed by atoms with E-state index < -0.39 is 0 Å². The van der Waals surface area contributed by atoms with Crippen LogP contribution in [0.15, 0.2) is 60.4 Å². The molecular weight excluding hydrogens is 220 g/mol. The average molecular weight is 234 g/mol. The number of benzene rings is 2. The van der Waals surface area contributed by atoms with E-state index in [9.17, 15) is 0 Å². The fourth-order valence-electron chi connectivity index (χ4n) is 2.95. The number of hydrogen-bond donors (Lipinski definition) is 0. The second kappa shape index (κ2) is 3.74. The Morgan fingerprint density at radius 1 is 1.06 bits per heavy atom. The van der Waals surface area contributed by atoms with Crippen LogP contribution in [0.5, 0.6) is 0 Å². The van der Waals surface area contributed by atoms with E-state index in [1.54, 1.807) is 0 Å². The Labute approximate surface area is 106 Å². The molecule has 2 aliphatic rings. The summed E-state index contributed by atoms with van der Waals surface area (Å²) in [6.45, 7) is 0.705. The van der Waals surface area contributed by atoms with Crippen molar-refractivity contribution in [3.05, 3.63) is 71.5 Å². The van der Waals surface area contributed by atoms with Crippen LogP contribution in [-0.4, -0.2) is 0 Å². The molecule has 4 rings (SSSR count). The van der Waals surface area contributed by atoms with E-state index in [0.29, 0.717) is 12.5 Å². The lowest BCUT2D eigenvalue weighted by Crippen LogP contribution is -2.16. The lowest BCUT2D eigenvalue weighted by Gasteiger charge is -2.30. The highest BCUT2D eigenvalue weighted by Gasteiger charge is 2.26. The molecule has 0 radical (unpaired) electrons. The van der Waals surface area contributed by atoms with E-state index in [4.69, 9.17) is 4.74 Å². The first-order valence-corrected chi connectivity index (χ1v) is 6.43. The van der Waals surface area contributed by atoms with Crippen molar-refractivity contribution in [2.24, 2.45) is 0 Å². The molecule has 1 nitrogen and oxygen atoms in total. The topological polar surface area (TPSA) is 9.23 Å². The molecule has 1 heteroatoms. The fourth-order valence-corrected chi connectivity index (χ4v) is 2.95. The predicted octanol–water partition coefficient (Wildman–Crippen LogP) is 4.30. The Morgan fingerprint density at radius 2 is 1.89 bits per heavy atom. The Morgan fingerprint density at radius 3 is 2.78 bits per heavy atom. The highest BCUT2D eigenvalue weighted by molar-refractivity contribution is 5.84. The zero-order chi connectivity index (χ0) is 11.9. The van der Waals surface area contributed by atoms with Gasteiger partial charge in [0.2, 0.25) is 0 Å². The van der Waals surface area contributed by atoms with Gasteiger partial charge in [-0.1, -0.05) is 42.5 Å². The molecule has 0 N–H and O–H groups in total. The van der Waals surface area contributed by atoms with Gasteiger partial charge in [-0.15, -0.1) is 0 Å². The molecule has 2 aromatic carbocycles. The lowest BCUT2D eigenvalue weighted by molar-refractivity contribution is 0.163. The van der Waals surface area contributed by atoms with Crippen LogP contribution in [0, 0.1) is 0 Å². The summed E-state index contributed by atoms with van der Waals surface area (Å²) in [6.07, 6.45) is 7.48. The summed E-state index contributed by atoms with van der Waals surface area (Å²) >= 11 is 0. The maximum absolute atomic E-state index is 5.87. The fraction of sp³-hybridized carbons (Fsp3) is 0.176. The van der Waals surface area contributed by atoms with Crippen molar-refractivity contribution in [1.29, 1.82) is 0 Å². The van der Waals surface area contributed by atoms with Crippen LogP contribution in [0.2, 0.25) is 0 Å². The number of fused-ring (bicyclic) bond motifs is 4.